The molecule has 0 nitrogen and oxygen atoms in total. The summed E-state index contributed by atoms with van der Waals surface area (Å²) in [7, 11) is 0. The van der Waals surface area contributed by atoms with E-state index in [4.69, 9.17) is 11.6 Å². The third-order valence-corrected chi connectivity index (χ3v) is 3.69. The molecular formula is C14H19Cl. The number of hydrogen-bond acceptors (Lipinski definition) is 0. The van der Waals surface area contributed by atoms with Crippen LogP contribution in [0, 0.1) is 12.8 Å². The van der Waals surface area contributed by atoms with Crippen molar-refractivity contribution in [1.29, 1.82) is 0 Å². The van der Waals surface area contributed by atoms with E-state index in [-0.39, 0.29) is 0 Å². The molecule has 1 saturated carbocycles. The minimum absolute atomic E-state index is 0.331. The topological polar surface area (TPSA) is 0 Å². The molecule has 0 bridgehead atoms. The average Bonchev–Trinajstić information content (AvgIpc) is 2.11. The van der Waals surface area contributed by atoms with Crippen LogP contribution in [0.3, 0.4) is 0 Å². The molecule has 1 fully saturated rings. The maximum atomic E-state index is 6.38. The van der Waals surface area contributed by atoms with Crippen LogP contribution in [0.5, 0.6) is 0 Å². The van der Waals surface area contributed by atoms with Gasteiger partial charge in [-0.3, -0.25) is 0 Å². The Morgan fingerprint density at radius 3 is 2.80 bits per heavy atom. The molecule has 1 aromatic rings. The van der Waals surface area contributed by atoms with Gasteiger partial charge in [0.15, 0.2) is 0 Å². The summed E-state index contributed by atoms with van der Waals surface area (Å²) in [5.74, 6) is 0.914. The molecule has 1 heteroatoms. The Hall–Kier alpha value is -0.490. The van der Waals surface area contributed by atoms with Crippen LogP contribution in [-0.4, -0.2) is 5.38 Å². The normalized spacial score (nSPS) is 18.5. The zero-order valence-electron chi connectivity index (χ0n) is 9.38. The summed E-state index contributed by atoms with van der Waals surface area (Å²) in [6.07, 6.45) is 6.45. The lowest BCUT2D eigenvalue weighted by molar-refractivity contribution is 0.292. The van der Waals surface area contributed by atoms with E-state index in [1.807, 2.05) is 0 Å². The Morgan fingerprint density at radius 2 is 2.20 bits per heavy atom. The number of aryl methyl sites for hydroxylation is 1. The Labute approximate surface area is 97.6 Å². The molecule has 0 heterocycles. The predicted octanol–water partition coefficient (Wildman–Crippen LogP) is 4.34. The third kappa shape index (κ3) is 3.24. The summed E-state index contributed by atoms with van der Waals surface area (Å²) in [5.41, 5.74) is 2.72. The van der Waals surface area contributed by atoms with Crippen molar-refractivity contribution in [3.63, 3.8) is 0 Å². The van der Waals surface area contributed by atoms with Gasteiger partial charge in [-0.1, -0.05) is 49.1 Å². The molecule has 2 rings (SSSR count). The number of alkyl halides is 1. The molecule has 0 radical (unpaired) electrons. The lowest BCUT2D eigenvalue weighted by Crippen LogP contribution is -2.17. The Morgan fingerprint density at radius 1 is 1.40 bits per heavy atom. The molecule has 82 valence electrons. The van der Waals surface area contributed by atoms with Gasteiger partial charge in [0, 0.05) is 5.38 Å². The van der Waals surface area contributed by atoms with Crippen molar-refractivity contribution in [2.45, 2.75) is 44.4 Å². The van der Waals surface area contributed by atoms with Crippen LogP contribution >= 0.6 is 11.6 Å². The fourth-order valence-electron chi connectivity index (χ4n) is 2.27. The first-order valence-corrected chi connectivity index (χ1v) is 6.37. The van der Waals surface area contributed by atoms with Gasteiger partial charge in [-0.15, -0.1) is 11.6 Å². The van der Waals surface area contributed by atoms with Crippen LogP contribution in [0.25, 0.3) is 0 Å². The Bertz CT molecular complexity index is 315. The van der Waals surface area contributed by atoms with Crippen molar-refractivity contribution in [3.05, 3.63) is 35.4 Å². The van der Waals surface area contributed by atoms with Crippen molar-refractivity contribution >= 4 is 11.6 Å². The van der Waals surface area contributed by atoms with E-state index >= 15 is 0 Å². The Balaban J connectivity index is 1.84. The van der Waals surface area contributed by atoms with Gasteiger partial charge in [0.2, 0.25) is 0 Å². The van der Waals surface area contributed by atoms with E-state index < -0.39 is 0 Å². The summed E-state index contributed by atoms with van der Waals surface area (Å²) >= 11 is 6.38. The van der Waals surface area contributed by atoms with E-state index in [9.17, 15) is 0 Å². The molecule has 0 amide bonds. The van der Waals surface area contributed by atoms with E-state index in [1.54, 1.807) is 0 Å². The zero-order chi connectivity index (χ0) is 10.7. The Kier molecular flexibility index (Phi) is 3.69. The number of benzene rings is 1. The quantitative estimate of drug-likeness (QED) is 0.665. The first-order chi connectivity index (χ1) is 7.24. The zero-order valence-corrected chi connectivity index (χ0v) is 10.1. The summed E-state index contributed by atoms with van der Waals surface area (Å²) in [6, 6.07) is 8.69. The SMILES string of the molecule is Cc1cccc(CC(Cl)CC2CCC2)c1. The van der Waals surface area contributed by atoms with Gasteiger partial charge in [0.25, 0.3) is 0 Å². The molecule has 1 aliphatic carbocycles. The number of halogens is 1. The third-order valence-electron chi connectivity index (χ3n) is 3.35. The fourth-order valence-corrected chi connectivity index (χ4v) is 2.70. The highest BCUT2D eigenvalue weighted by Crippen LogP contribution is 2.32. The van der Waals surface area contributed by atoms with Gasteiger partial charge in [0.05, 0.1) is 0 Å². The van der Waals surface area contributed by atoms with Gasteiger partial charge in [-0.05, 0) is 31.2 Å². The number of rotatable bonds is 4. The van der Waals surface area contributed by atoms with E-state index in [2.05, 4.69) is 31.2 Å². The molecule has 0 aliphatic heterocycles. The predicted molar refractivity (Wildman–Crippen MR) is 66.5 cm³/mol. The van der Waals surface area contributed by atoms with E-state index in [1.165, 1.54) is 36.8 Å². The molecule has 0 aromatic heterocycles. The van der Waals surface area contributed by atoms with Crippen molar-refractivity contribution in [2.75, 3.05) is 0 Å². The lowest BCUT2D eigenvalue weighted by Gasteiger charge is -2.27. The highest BCUT2D eigenvalue weighted by atomic mass is 35.5. The molecule has 1 atom stereocenters. The summed E-state index contributed by atoms with van der Waals surface area (Å²) in [6.45, 7) is 2.14. The maximum Gasteiger partial charge on any atom is 0.0379 e. The van der Waals surface area contributed by atoms with E-state index in [0.29, 0.717) is 5.38 Å². The van der Waals surface area contributed by atoms with Gasteiger partial charge >= 0.3 is 0 Å². The fraction of sp³-hybridized carbons (Fsp3) is 0.571. The smallest absolute Gasteiger partial charge is 0.0379 e. The standard InChI is InChI=1S/C14H19Cl/c1-11-4-2-7-13(8-11)10-14(15)9-12-5-3-6-12/h2,4,7-8,12,14H,3,5-6,9-10H2,1H3. The monoisotopic (exact) mass is 222 g/mol. The molecule has 1 aromatic carbocycles. The van der Waals surface area contributed by atoms with Crippen LogP contribution in [0.15, 0.2) is 24.3 Å². The van der Waals surface area contributed by atoms with Crippen molar-refractivity contribution in [1.82, 2.24) is 0 Å². The first-order valence-electron chi connectivity index (χ1n) is 5.93. The van der Waals surface area contributed by atoms with E-state index in [0.717, 1.165) is 12.3 Å². The van der Waals surface area contributed by atoms with Crippen molar-refractivity contribution < 1.29 is 0 Å². The molecule has 0 N–H and O–H groups in total. The molecule has 1 unspecified atom stereocenters. The van der Waals surface area contributed by atoms with Crippen LogP contribution in [0.4, 0.5) is 0 Å². The highest BCUT2D eigenvalue weighted by Gasteiger charge is 2.20. The van der Waals surface area contributed by atoms with Crippen molar-refractivity contribution in [3.8, 4) is 0 Å². The largest absolute Gasteiger partial charge is 0.123 e. The highest BCUT2D eigenvalue weighted by molar-refractivity contribution is 6.20. The van der Waals surface area contributed by atoms with Gasteiger partial charge in [-0.2, -0.15) is 0 Å². The first kappa shape index (κ1) is 11.0. The van der Waals surface area contributed by atoms with Crippen LogP contribution < -0.4 is 0 Å². The summed E-state index contributed by atoms with van der Waals surface area (Å²) in [4.78, 5) is 0. The van der Waals surface area contributed by atoms with Crippen LogP contribution in [0.2, 0.25) is 0 Å². The van der Waals surface area contributed by atoms with Gasteiger partial charge in [-0.25, -0.2) is 0 Å². The summed E-state index contributed by atoms with van der Waals surface area (Å²) < 4.78 is 0. The minimum Gasteiger partial charge on any atom is -0.123 e. The molecular weight excluding hydrogens is 204 g/mol. The molecule has 0 spiro atoms. The van der Waals surface area contributed by atoms with Crippen LogP contribution in [-0.2, 0) is 6.42 Å². The molecule has 1 aliphatic rings. The van der Waals surface area contributed by atoms with Crippen LogP contribution in [0.1, 0.15) is 36.8 Å². The summed E-state index contributed by atoms with van der Waals surface area (Å²) in [5, 5.41) is 0.331. The maximum absolute atomic E-state index is 6.38. The minimum atomic E-state index is 0.331. The second-order valence-corrected chi connectivity index (χ2v) is 5.44. The van der Waals surface area contributed by atoms with Gasteiger partial charge < -0.3 is 0 Å². The molecule has 15 heavy (non-hydrogen) atoms. The second-order valence-electron chi connectivity index (χ2n) is 4.82. The average molecular weight is 223 g/mol. The lowest BCUT2D eigenvalue weighted by atomic mass is 9.81. The van der Waals surface area contributed by atoms with Crippen molar-refractivity contribution in [2.24, 2.45) is 5.92 Å². The second kappa shape index (κ2) is 5.03. The molecule has 0 saturated heterocycles. The van der Waals surface area contributed by atoms with Gasteiger partial charge in [0.1, 0.15) is 0 Å². The number of hydrogen-bond donors (Lipinski definition) is 0.